The molecule has 0 radical (unpaired) electrons. The van der Waals surface area contributed by atoms with Crippen LogP contribution < -0.4 is 4.74 Å². The Labute approximate surface area is 168 Å². The van der Waals surface area contributed by atoms with E-state index in [1.807, 2.05) is 54.6 Å². The van der Waals surface area contributed by atoms with Crippen LogP contribution in [0.15, 0.2) is 48.0 Å². The van der Waals surface area contributed by atoms with Gasteiger partial charge in [-0.3, -0.25) is 4.79 Å². The highest BCUT2D eigenvalue weighted by Crippen LogP contribution is 2.31. The number of hydrogen-bond donors (Lipinski definition) is 1. The summed E-state index contributed by atoms with van der Waals surface area (Å²) in [7, 11) is 0. The molecule has 0 spiro atoms. The first kappa shape index (κ1) is 18.5. The van der Waals surface area contributed by atoms with E-state index in [-0.39, 0.29) is 5.91 Å². The average Bonchev–Trinajstić information content (AvgIpc) is 3.37. The third-order valence-corrected chi connectivity index (χ3v) is 5.63. The van der Waals surface area contributed by atoms with Gasteiger partial charge in [0.25, 0.3) is 5.91 Å². The van der Waals surface area contributed by atoms with Gasteiger partial charge in [-0.1, -0.05) is 24.3 Å². The van der Waals surface area contributed by atoms with Crippen LogP contribution in [0.1, 0.15) is 34.4 Å². The summed E-state index contributed by atoms with van der Waals surface area (Å²) in [6, 6.07) is 9.98. The number of rotatable bonds is 5. The number of benzene rings is 1. The van der Waals surface area contributed by atoms with Crippen LogP contribution in [0.4, 0.5) is 0 Å². The summed E-state index contributed by atoms with van der Waals surface area (Å²) in [4.78, 5) is 22.4. The second-order valence-corrected chi connectivity index (χ2v) is 7.78. The van der Waals surface area contributed by atoms with E-state index in [2.05, 4.69) is 22.1 Å². The first-order chi connectivity index (χ1) is 13.7. The molecule has 0 aliphatic carbocycles. The van der Waals surface area contributed by atoms with Crippen LogP contribution in [-0.4, -0.2) is 40.5 Å². The van der Waals surface area contributed by atoms with Gasteiger partial charge in [-0.2, -0.15) is 0 Å². The van der Waals surface area contributed by atoms with Crippen molar-refractivity contribution in [2.45, 2.75) is 20.3 Å². The Morgan fingerprint density at radius 3 is 2.93 bits per heavy atom. The molecule has 3 aromatic rings. The minimum Gasteiger partial charge on any atom is -0.493 e. The summed E-state index contributed by atoms with van der Waals surface area (Å²) in [6.07, 6.45) is 4.80. The molecule has 5 nitrogen and oxygen atoms in total. The van der Waals surface area contributed by atoms with Crippen molar-refractivity contribution in [2.75, 3.05) is 19.7 Å². The van der Waals surface area contributed by atoms with E-state index in [4.69, 9.17) is 4.74 Å². The van der Waals surface area contributed by atoms with Gasteiger partial charge < -0.3 is 14.6 Å². The minimum absolute atomic E-state index is 0.0200. The van der Waals surface area contributed by atoms with Crippen molar-refractivity contribution in [2.24, 2.45) is 0 Å². The Morgan fingerprint density at radius 1 is 1.36 bits per heavy atom. The fourth-order valence-electron chi connectivity index (χ4n) is 3.44. The van der Waals surface area contributed by atoms with E-state index < -0.39 is 0 Å². The third kappa shape index (κ3) is 3.73. The zero-order valence-electron chi connectivity index (χ0n) is 16.1. The summed E-state index contributed by atoms with van der Waals surface area (Å²) in [5, 5.41) is 3.03. The molecule has 0 saturated carbocycles. The Bertz CT molecular complexity index is 1020. The zero-order chi connectivity index (χ0) is 19.5. The van der Waals surface area contributed by atoms with Crippen LogP contribution in [0, 0.1) is 6.92 Å². The molecule has 2 aromatic heterocycles. The van der Waals surface area contributed by atoms with E-state index in [0.29, 0.717) is 25.4 Å². The molecular formula is C22H23N3O2S. The van der Waals surface area contributed by atoms with Gasteiger partial charge in [-0.15, -0.1) is 11.3 Å². The molecule has 1 amide bonds. The van der Waals surface area contributed by atoms with Crippen molar-refractivity contribution in [1.29, 1.82) is 0 Å². The maximum absolute atomic E-state index is 12.9. The monoisotopic (exact) mass is 393 g/mol. The topological polar surface area (TPSA) is 58.2 Å². The molecule has 28 heavy (non-hydrogen) atoms. The number of aromatic amines is 1. The van der Waals surface area contributed by atoms with Gasteiger partial charge in [0, 0.05) is 35.8 Å². The number of carbonyl (C=O) groups excluding carboxylic acids is 1. The number of nitrogens with one attached hydrogen (secondary N) is 1. The first-order valence-electron chi connectivity index (χ1n) is 9.47. The first-order valence-corrected chi connectivity index (χ1v) is 10.3. The summed E-state index contributed by atoms with van der Waals surface area (Å²) < 4.78 is 5.75. The Balaban J connectivity index is 1.48. The fraction of sp³-hybridized carbons (Fsp3) is 0.273. The number of carbonyl (C=O) groups is 1. The second-order valence-electron chi connectivity index (χ2n) is 6.71. The van der Waals surface area contributed by atoms with E-state index in [0.717, 1.165) is 34.0 Å². The molecule has 0 bridgehead atoms. The Hall–Kier alpha value is -2.86. The highest BCUT2D eigenvalue weighted by Gasteiger charge is 2.22. The van der Waals surface area contributed by atoms with Gasteiger partial charge >= 0.3 is 0 Å². The van der Waals surface area contributed by atoms with E-state index in [1.165, 1.54) is 5.57 Å². The molecule has 4 rings (SSSR count). The van der Waals surface area contributed by atoms with Crippen LogP contribution in [0.25, 0.3) is 16.8 Å². The fourth-order valence-corrected chi connectivity index (χ4v) is 4.07. The molecule has 6 heteroatoms. The van der Waals surface area contributed by atoms with E-state index in [1.54, 1.807) is 11.3 Å². The number of para-hydroxylation sites is 1. The largest absolute Gasteiger partial charge is 0.493 e. The number of ether oxygens (including phenoxy) is 1. The SMILES string of the molecule is CCOc1ccccc1C1=CCN(C(=O)c2cc(-c3csc(C)n3)c[nH]2)CC1. The smallest absolute Gasteiger partial charge is 0.270 e. The van der Waals surface area contributed by atoms with Crippen LogP contribution in [0.5, 0.6) is 5.75 Å². The van der Waals surface area contributed by atoms with E-state index >= 15 is 0 Å². The van der Waals surface area contributed by atoms with Gasteiger partial charge in [0.2, 0.25) is 0 Å². The quantitative estimate of drug-likeness (QED) is 0.679. The standard InChI is InChI=1S/C22H23N3O2S/c1-3-27-21-7-5-4-6-18(21)16-8-10-25(11-9-16)22(26)19-12-17(13-23-19)20-14-28-15(2)24-20/h4-8,12-14,23H,3,9-11H2,1-2H3. The van der Waals surface area contributed by atoms with Crippen molar-refractivity contribution in [3.63, 3.8) is 0 Å². The number of aromatic nitrogens is 2. The maximum Gasteiger partial charge on any atom is 0.270 e. The van der Waals surface area contributed by atoms with Crippen LogP contribution in [0.3, 0.4) is 0 Å². The molecule has 0 atom stereocenters. The van der Waals surface area contributed by atoms with Crippen molar-refractivity contribution in [3.8, 4) is 17.0 Å². The van der Waals surface area contributed by atoms with Gasteiger partial charge in [-0.25, -0.2) is 4.98 Å². The lowest BCUT2D eigenvalue weighted by Crippen LogP contribution is -2.34. The summed E-state index contributed by atoms with van der Waals surface area (Å²) >= 11 is 1.61. The molecule has 1 aromatic carbocycles. The van der Waals surface area contributed by atoms with Crippen LogP contribution in [0.2, 0.25) is 0 Å². The van der Waals surface area contributed by atoms with Gasteiger partial charge in [-0.05, 0) is 38.0 Å². The van der Waals surface area contributed by atoms with Gasteiger partial charge in [0.15, 0.2) is 0 Å². The molecule has 1 aliphatic rings. The summed E-state index contributed by atoms with van der Waals surface area (Å²) in [5.41, 5.74) is 4.82. The van der Waals surface area contributed by atoms with Crippen LogP contribution >= 0.6 is 11.3 Å². The number of H-pyrrole nitrogens is 1. The van der Waals surface area contributed by atoms with Gasteiger partial charge in [0.05, 0.1) is 17.3 Å². The van der Waals surface area contributed by atoms with Crippen molar-refractivity contribution < 1.29 is 9.53 Å². The molecule has 0 saturated heterocycles. The predicted octanol–water partition coefficient (Wildman–Crippen LogP) is 4.77. The Kier molecular flexibility index (Phi) is 5.30. The third-order valence-electron chi connectivity index (χ3n) is 4.86. The Morgan fingerprint density at radius 2 is 2.21 bits per heavy atom. The second kappa shape index (κ2) is 8.02. The normalized spacial score (nSPS) is 14.1. The summed E-state index contributed by atoms with van der Waals surface area (Å²) in [6.45, 7) is 5.90. The molecule has 3 heterocycles. The van der Waals surface area contributed by atoms with Gasteiger partial charge in [0.1, 0.15) is 11.4 Å². The lowest BCUT2D eigenvalue weighted by Gasteiger charge is -2.27. The molecule has 0 fully saturated rings. The number of amides is 1. The maximum atomic E-state index is 12.9. The lowest BCUT2D eigenvalue weighted by molar-refractivity contribution is 0.0767. The highest BCUT2D eigenvalue weighted by atomic mass is 32.1. The minimum atomic E-state index is 0.0200. The van der Waals surface area contributed by atoms with Crippen LogP contribution in [-0.2, 0) is 0 Å². The molecule has 1 aliphatic heterocycles. The molecule has 144 valence electrons. The average molecular weight is 394 g/mol. The molecule has 1 N–H and O–H groups in total. The zero-order valence-corrected chi connectivity index (χ0v) is 16.9. The summed E-state index contributed by atoms with van der Waals surface area (Å²) in [5.74, 6) is 0.926. The number of aryl methyl sites for hydroxylation is 1. The lowest BCUT2D eigenvalue weighted by atomic mass is 9.98. The number of nitrogens with zero attached hydrogens (tertiary/aromatic N) is 2. The molecule has 0 unspecified atom stereocenters. The van der Waals surface area contributed by atoms with E-state index in [9.17, 15) is 4.79 Å². The highest BCUT2D eigenvalue weighted by molar-refractivity contribution is 7.09. The van der Waals surface area contributed by atoms with Crippen molar-refractivity contribution in [3.05, 3.63) is 64.2 Å². The molecular weight excluding hydrogens is 370 g/mol. The number of thiazole rings is 1. The predicted molar refractivity (Wildman–Crippen MR) is 113 cm³/mol. The number of hydrogen-bond acceptors (Lipinski definition) is 4. The van der Waals surface area contributed by atoms with Crippen molar-refractivity contribution >= 4 is 22.8 Å². The van der Waals surface area contributed by atoms with Crippen molar-refractivity contribution in [1.82, 2.24) is 14.9 Å².